The minimum atomic E-state index is -0.0905. The van der Waals surface area contributed by atoms with Gasteiger partial charge < -0.3 is 10.3 Å². The van der Waals surface area contributed by atoms with Gasteiger partial charge in [0, 0.05) is 53.9 Å². The van der Waals surface area contributed by atoms with Gasteiger partial charge >= 0.3 is 0 Å². The van der Waals surface area contributed by atoms with E-state index in [4.69, 9.17) is 0 Å². The van der Waals surface area contributed by atoms with E-state index in [-0.39, 0.29) is 5.56 Å². The van der Waals surface area contributed by atoms with Gasteiger partial charge in [-0.05, 0) is 42.8 Å². The Morgan fingerprint density at radius 3 is 2.81 bits per heavy atom. The zero-order valence-corrected chi connectivity index (χ0v) is 15.0. The molecule has 0 bridgehead atoms. The summed E-state index contributed by atoms with van der Waals surface area (Å²) < 4.78 is 1.66. The SMILES string of the molecule is Cc1ccc(-c2ccn(-c3ccc4c5c([nH]c4c3)CCNC5)c(=O)c2)nn1. The van der Waals surface area contributed by atoms with Gasteiger partial charge in [0.25, 0.3) is 5.56 Å². The fourth-order valence-corrected chi connectivity index (χ4v) is 3.70. The van der Waals surface area contributed by atoms with Gasteiger partial charge in [0.2, 0.25) is 0 Å². The molecule has 0 atom stereocenters. The highest BCUT2D eigenvalue weighted by Crippen LogP contribution is 2.26. The lowest BCUT2D eigenvalue weighted by molar-refractivity contribution is 0.641. The van der Waals surface area contributed by atoms with Gasteiger partial charge in [-0.25, -0.2) is 0 Å². The summed E-state index contributed by atoms with van der Waals surface area (Å²) in [7, 11) is 0. The van der Waals surface area contributed by atoms with Crippen molar-refractivity contribution in [1.29, 1.82) is 0 Å². The molecule has 0 spiro atoms. The Labute approximate surface area is 155 Å². The molecule has 1 aromatic carbocycles. The van der Waals surface area contributed by atoms with E-state index in [1.165, 1.54) is 16.6 Å². The van der Waals surface area contributed by atoms with Crippen molar-refractivity contribution >= 4 is 10.9 Å². The molecule has 6 nitrogen and oxygen atoms in total. The second-order valence-corrected chi connectivity index (χ2v) is 6.92. The Bertz CT molecular complexity index is 1200. The molecule has 1 aliphatic rings. The molecule has 0 unspecified atom stereocenters. The Morgan fingerprint density at radius 1 is 1.07 bits per heavy atom. The van der Waals surface area contributed by atoms with E-state index in [0.717, 1.165) is 42.0 Å². The minimum Gasteiger partial charge on any atom is -0.358 e. The quantitative estimate of drug-likeness (QED) is 0.578. The van der Waals surface area contributed by atoms with Crippen molar-refractivity contribution < 1.29 is 0 Å². The van der Waals surface area contributed by atoms with Crippen LogP contribution in [-0.2, 0) is 13.0 Å². The molecule has 0 fully saturated rings. The smallest absolute Gasteiger partial charge is 0.255 e. The monoisotopic (exact) mass is 357 g/mol. The van der Waals surface area contributed by atoms with Crippen LogP contribution < -0.4 is 10.9 Å². The summed E-state index contributed by atoms with van der Waals surface area (Å²) in [4.78, 5) is 16.2. The van der Waals surface area contributed by atoms with Crippen LogP contribution in [-0.4, -0.2) is 26.3 Å². The zero-order chi connectivity index (χ0) is 18.4. The molecule has 0 radical (unpaired) electrons. The number of nitrogens with one attached hydrogen (secondary N) is 2. The fraction of sp³-hybridized carbons (Fsp3) is 0.190. The third kappa shape index (κ3) is 2.74. The summed E-state index contributed by atoms with van der Waals surface area (Å²) in [6.45, 7) is 3.77. The maximum absolute atomic E-state index is 12.7. The average Bonchev–Trinajstić information content (AvgIpc) is 3.06. The summed E-state index contributed by atoms with van der Waals surface area (Å²) >= 11 is 0. The van der Waals surface area contributed by atoms with Crippen LogP contribution in [0.15, 0.2) is 53.5 Å². The molecule has 6 heteroatoms. The largest absolute Gasteiger partial charge is 0.358 e. The van der Waals surface area contributed by atoms with Crippen LogP contribution in [0.5, 0.6) is 0 Å². The van der Waals surface area contributed by atoms with Gasteiger partial charge in [0.05, 0.1) is 17.1 Å². The lowest BCUT2D eigenvalue weighted by atomic mass is 10.1. The van der Waals surface area contributed by atoms with Gasteiger partial charge in [0.1, 0.15) is 0 Å². The topological polar surface area (TPSA) is 75.6 Å². The lowest BCUT2D eigenvalue weighted by Gasteiger charge is -2.12. The van der Waals surface area contributed by atoms with Crippen molar-refractivity contribution in [3.05, 3.63) is 76.0 Å². The average molecular weight is 357 g/mol. The van der Waals surface area contributed by atoms with Gasteiger partial charge in [-0.2, -0.15) is 10.2 Å². The predicted molar refractivity (Wildman–Crippen MR) is 105 cm³/mol. The van der Waals surface area contributed by atoms with E-state index in [2.05, 4.69) is 26.6 Å². The second kappa shape index (κ2) is 6.17. The molecule has 134 valence electrons. The number of rotatable bonds is 2. The highest BCUT2D eigenvalue weighted by molar-refractivity contribution is 5.86. The summed E-state index contributed by atoms with van der Waals surface area (Å²) in [5, 5.41) is 12.9. The third-order valence-electron chi connectivity index (χ3n) is 5.12. The Kier molecular flexibility index (Phi) is 3.65. The van der Waals surface area contributed by atoms with Crippen LogP contribution >= 0.6 is 0 Å². The predicted octanol–water partition coefficient (Wildman–Crippen LogP) is 2.73. The molecular weight excluding hydrogens is 338 g/mol. The molecule has 3 aromatic heterocycles. The first-order chi connectivity index (χ1) is 13.2. The first kappa shape index (κ1) is 16.0. The molecule has 27 heavy (non-hydrogen) atoms. The van der Waals surface area contributed by atoms with Crippen LogP contribution in [0.1, 0.15) is 17.0 Å². The molecule has 0 saturated carbocycles. The molecule has 4 aromatic rings. The number of hydrogen-bond acceptors (Lipinski definition) is 4. The summed E-state index contributed by atoms with van der Waals surface area (Å²) in [6, 6.07) is 13.4. The maximum Gasteiger partial charge on any atom is 0.255 e. The molecule has 4 heterocycles. The van der Waals surface area contributed by atoms with Crippen LogP contribution in [0.4, 0.5) is 0 Å². The number of fused-ring (bicyclic) bond motifs is 3. The fourth-order valence-electron chi connectivity index (χ4n) is 3.70. The van der Waals surface area contributed by atoms with Crippen molar-refractivity contribution in [2.24, 2.45) is 0 Å². The number of aryl methyl sites for hydroxylation is 1. The van der Waals surface area contributed by atoms with Crippen molar-refractivity contribution in [3.8, 4) is 16.9 Å². The molecule has 2 N–H and O–H groups in total. The Morgan fingerprint density at radius 2 is 2.00 bits per heavy atom. The molecule has 1 aliphatic heterocycles. The van der Waals surface area contributed by atoms with Gasteiger partial charge in [-0.1, -0.05) is 6.07 Å². The second-order valence-electron chi connectivity index (χ2n) is 6.92. The highest BCUT2D eigenvalue weighted by atomic mass is 16.1. The number of aromatic amines is 1. The normalized spacial score (nSPS) is 13.7. The summed E-state index contributed by atoms with van der Waals surface area (Å²) in [6.07, 6.45) is 2.80. The number of aromatic nitrogens is 4. The maximum atomic E-state index is 12.7. The van der Waals surface area contributed by atoms with E-state index in [0.29, 0.717) is 5.69 Å². The standard InChI is InChI=1S/C21H19N5O/c1-13-2-5-18(25-24-13)14-7-9-26(21(27)10-14)15-3-4-16-17-12-22-8-6-19(17)23-20(16)11-15/h2-5,7,9-11,22-23H,6,8,12H2,1H3. The lowest BCUT2D eigenvalue weighted by Crippen LogP contribution is -2.22. The Hall–Kier alpha value is -3.25. The first-order valence-corrected chi connectivity index (χ1v) is 9.07. The highest BCUT2D eigenvalue weighted by Gasteiger charge is 2.15. The van der Waals surface area contributed by atoms with Gasteiger partial charge in [-0.3, -0.25) is 9.36 Å². The van der Waals surface area contributed by atoms with Crippen LogP contribution in [0.2, 0.25) is 0 Å². The van der Waals surface area contributed by atoms with Crippen molar-refractivity contribution in [3.63, 3.8) is 0 Å². The van der Waals surface area contributed by atoms with Crippen molar-refractivity contribution in [1.82, 2.24) is 25.1 Å². The van der Waals surface area contributed by atoms with Crippen LogP contribution in [0, 0.1) is 6.92 Å². The summed E-state index contributed by atoms with van der Waals surface area (Å²) in [5.74, 6) is 0. The van der Waals surface area contributed by atoms with Gasteiger partial charge in [0.15, 0.2) is 0 Å². The number of nitrogens with zero attached hydrogens (tertiary/aromatic N) is 3. The third-order valence-corrected chi connectivity index (χ3v) is 5.12. The number of benzene rings is 1. The van der Waals surface area contributed by atoms with Crippen molar-refractivity contribution in [2.45, 2.75) is 19.9 Å². The number of pyridine rings is 1. The molecule has 0 saturated heterocycles. The molecule has 0 amide bonds. The Balaban J connectivity index is 1.56. The molecule has 0 aliphatic carbocycles. The zero-order valence-electron chi connectivity index (χ0n) is 15.0. The first-order valence-electron chi connectivity index (χ1n) is 9.07. The van der Waals surface area contributed by atoms with E-state index < -0.39 is 0 Å². The van der Waals surface area contributed by atoms with Gasteiger partial charge in [-0.15, -0.1) is 0 Å². The van der Waals surface area contributed by atoms with Crippen LogP contribution in [0.25, 0.3) is 27.8 Å². The van der Waals surface area contributed by atoms with E-state index in [9.17, 15) is 4.79 Å². The number of hydrogen-bond donors (Lipinski definition) is 2. The van der Waals surface area contributed by atoms with E-state index >= 15 is 0 Å². The molecule has 5 rings (SSSR count). The number of H-pyrrole nitrogens is 1. The van der Waals surface area contributed by atoms with E-state index in [1.54, 1.807) is 16.8 Å². The van der Waals surface area contributed by atoms with Crippen LogP contribution in [0.3, 0.4) is 0 Å². The van der Waals surface area contributed by atoms with E-state index in [1.807, 2.05) is 37.3 Å². The van der Waals surface area contributed by atoms with Crippen molar-refractivity contribution in [2.75, 3.05) is 6.54 Å². The minimum absolute atomic E-state index is 0.0905. The summed E-state index contributed by atoms with van der Waals surface area (Å²) in [5.41, 5.74) is 6.78. The molecular formula is C21H19N5O.